The van der Waals surface area contributed by atoms with Gasteiger partial charge in [0.05, 0.1) is 6.61 Å². The van der Waals surface area contributed by atoms with Crippen LogP contribution in [-0.4, -0.2) is 38.4 Å². The summed E-state index contributed by atoms with van der Waals surface area (Å²) < 4.78 is 5.31. The molecule has 0 aliphatic carbocycles. The second-order valence-corrected chi connectivity index (χ2v) is 4.75. The molecule has 0 fully saturated rings. The first kappa shape index (κ1) is 14.9. The number of aromatic hydroxyl groups is 1. The molecule has 23 heavy (non-hydrogen) atoms. The summed E-state index contributed by atoms with van der Waals surface area (Å²) in [7, 11) is 0. The third-order valence-corrected chi connectivity index (χ3v) is 3.13. The van der Waals surface area contributed by atoms with E-state index >= 15 is 0 Å². The molecule has 0 saturated carbocycles. The zero-order valence-corrected chi connectivity index (χ0v) is 12.3. The first-order valence-electron chi connectivity index (χ1n) is 7.11. The van der Waals surface area contributed by atoms with Crippen LogP contribution in [0.1, 0.15) is 0 Å². The quantitative estimate of drug-likeness (QED) is 0.751. The highest BCUT2D eigenvalue weighted by molar-refractivity contribution is 5.61. The molecule has 6 nitrogen and oxygen atoms in total. The largest absolute Gasteiger partial charge is 0.491 e. The van der Waals surface area contributed by atoms with Gasteiger partial charge in [-0.25, -0.2) is 4.98 Å². The molecular formula is C17H15N3O3. The van der Waals surface area contributed by atoms with E-state index < -0.39 is 0 Å². The van der Waals surface area contributed by atoms with Gasteiger partial charge in [-0.15, -0.1) is 0 Å². The predicted octanol–water partition coefficient (Wildman–Crippen LogP) is 2.28. The smallest absolute Gasteiger partial charge is 0.318 e. The van der Waals surface area contributed by atoms with Crippen LogP contribution < -0.4 is 4.74 Å². The van der Waals surface area contributed by atoms with Crippen LogP contribution in [0.4, 0.5) is 0 Å². The Morgan fingerprint density at radius 1 is 0.783 bits per heavy atom. The van der Waals surface area contributed by atoms with Gasteiger partial charge in [0, 0.05) is 11.1 Å². The first-order chi connectivity index (χ1) is 11.3. The molecule has 3 aromatic rings. The molecule has 0 radical (unpaired) electrons. The van der Waals surface area contributed by atoms with Gasteiger partial charge in [-0.3, -0.25) is 0 Å². The minimum atomic E-state index is -0.325. The van der Waals surface area contributed by atoms with E-state index in [1.807, 2.05) is 30.3 Å². The maximum absolute atomic E-state index is 9.77. The summed E-state index contributed by atoms with van der Waals surface area (Å²) in [5, 5.41) is 18.5. The van der Waals surface area contributed by atoms with Crippen molar-refractivity contribution in [2.75, 3.05) is 13.2 Å². The number of ether oxygens (including phenoxy) is 1. The van der Waals surface area contributed by atoms with E-state index in [2.05, 4.69) is 15.0 Å². The average Bonchev–Trinajstić information content (AvgIpc) is 2.60. The molecule has 0 spiro atoms. The number of hydrogen-bond donors (Lipinski definition) is 2. The van der Waals surface area contributed by atoms with Gasteiger partial charge >= 0.3 is 6.01 Å². The summed E-state index contributed by atoms with van der Waals surface area (Å²) in [4.78, 5) is 12.3. The number of aromatic nitrogens is 3. The molecule has 0 amide bonds. The van der Waals surface area contributed by atoms with Crippen molar-refractivity contribution in [2.24, 2.45) is 0 Å². The standard InChI is InChI=1S/C17H15N3O3/c21-10-11-23-14-8-6-13(7-9-14)16-18-15(19-17(22)20-16)12-4-2-1-3-5-12/h1-9,21H,10-11H2,(H,18,19,20,22). The van der Waals surface area contributed by atoms with Crippen molar-refractivity contribution in [3.63, 3.8) is 0 Å². The van der Waals surface area contributed by atoms with E-state index in [4.69, 9.17) is 9.84 Å². The van der Waals surface area contributed by atoms with Crippen LogP contribution in [0, 0.1) is 0 Å². The van der Waals surface area contributed by atoms with Crippen molar-refractivity contribution in [3.05, 3.63) is 54.6 Å². The molecule has 0 aliphatic rings. The van der Waals surface area contributed by atoms with Crippen LogP contribution in [0.25, 0.3) is 22.8 Å². The highest BCUT2D eigenvalue weighted by Gasteiger charge is 2.09. The molecule has 0 aliphatic heterocycles. The second kappa shape index (κ2) is 6.85. The van der Waals surface area contributed by atoms with Crippen molar-refractivity contribution in [2.45, 2.75) is 0 Å². The summed E-state index contributed by atoms with van der Waals surface area (Å²) in [5.74, 6) is 1.43. The topological polar surface area (TPSA) is 88.4 Å². The molecule has 6 heteroatoms. The Balaban J connectivity index is 1.92. The summed E-state index contributed by atoms with van der Waals surface area (Å²) in [6, 6.07) is 16.2. The van der Waals surface area contributed by atoms with E-state index in [0.717, 1.165) is 11.1 Å². The van der Waals surface area contributed by atoms with Gasteiger partial charge in [-0.05, 0) is 24.3 Å². The predicted molar refractivity (Wildman–Crippen MR) is 84.9 cm³/mol. The normalized spacial score (nSPS) is 10.5. The lowest BCUT2D eigenvalue weighted by Gasteiger charge is -2.06. The van der Waals surface area contributed by atoms with E-state index in [9.17, 15) is 5.11 Å². The van der Waals surface area contributed by atoms with Gasteiger partial charge in [0.1, 0.15) is 12.4 Å². The number of nitrogens with zero attached hydrogens (tertiary/aromatic N) is 3. The summed E-state index contributed by atoms with van der Waals surface area (Å²) in [6.45, 7) is 0.202. The van der Waals surface area contributed by atoms with Crippen molar-refractivity contribution in [1.82, 2.24) is 15.0 Å². The monoisotopic (exact) mass is 309 g/mol. The Labute approximate surface area is 133 Å². The number of benzene rings is 2. The Hall–Kier alpha value is -2.99. The van der Waals surface area contributed by atoms with Crippen LogP contribution in [0.15, 0.2) is 54.6 Å². The lowest BCUT2D eigenvalue weighted by Crippen LogP contribution is -2.01. The van der Waals surface area contributed by atoms with Gasteiger partial charge in [-0.1, -0.05) is 30.3 Å². The molecule has 1 heterocycles. The Bertz CT molecular complexity index is 777. The zero-order chi connectivity index (χ0) is 16.1. The summed E-state index contributed by atoms with van der Waals surface area (Å²) >= 11 is 0. The molecule has 3 rings (SSSR count). The number of aliphatic hydroxyl groups excluding tert-OH is 1. The average molecular weight is 309 g/mol. The highest BCUT2D eigenvalue weighted by atomic mass is 16.5. The van der Waals surface area contributed by atoms with Gasteiger partial charge in [0.15, 0.2) is 11.6 Å². The molecule has 0 unspecified atom stereocenters. The molecule has 0 bridgehead atoms. The van der Waals surface area contributed by atoms with Crippen molar-refractivity contribution < 1.29 is 14.9 Å². The Morgan fingerprint density at radius 3 is 2.00 bits per heavy atom. The van der Waals surface area contributed by atoms with Crippen LogP contribution in [0.5, 0.6) is 11.8 Å². The van der Waals surface area contributed by atoms with E-state index in [1.54, 1.807) is 24.3 Å². The van der Waals surface area contributed by atoms with Gasteiger partial charge in [0.25, 0.3) is 0 Å². The summed E-state index contributed by atoms with van der Waals surface area (Å²) in [5.41, 5.74) is 1.53. The van der Waals surface area contributed by atoms with E-state index in [-0.39, 0.29) is 19.2 Å². The maximum Gasteiger partial charge on any atom is 0.318 e. The van der Waals surface area contributed by atoms with Crippen molar-refractivity contribution in [1.29, 1.82) is 0 Å². The lowest BCUT2D eigenvalue weighted by atomic mass is 10.2. The lowest BCUT2D eigenvalue weighted by molar-refractivity contribution is 0.201. The summed E-state index contributed by atoms with van der Waals surface area (Å²) in [6.07, 6.45) is 0. The Kier molecular flexibility index (Phi) is 4.44. The molecule has 2 N–H and O–H groups in total. The fourth-order valence-electron chi connectivity index (χ4n) is 2.07. The van der Waals surface area contributed by atoms with Crippen LogP contribution >= 0.6 is 0 Å². The SMILES string of the molecule is OCCOc1ccc(-c2nc(O)nc(-c3ccccc3)n2)cc1. The fraction of sp³-hybridized carbons (Fsp3) is 0.118. The third-order valence-electron chi connectivity index (χ3n) is 3.13. The van der Waals surface area contributed by atoms with Gasteiger partial charge in [0.2, 0.25) is 0 Å². The first-order valence-corrected chi connectivity index (χ1v) is 7.11. The van der Waals surface area contributed by atoms with Crippen molar-refractivity contribution >= 4 is 0 Å². The number of hydrogen-bond acceptors (Lipinski definition) is 6. The molecule has 116 valence electrons. The Morgan fingerprint density at radius 2 is 1.39 bits per heavy atom. The van der Waals surface area contributed by atoms with Gasteiger partial charge < -0.3 is 14.9 Å². The molecule has 2 aromatic carbocycles. The third kappa shape index (κ3) is 3.61. The zero-order valence-electron chi connectivity index (χ0n) is 12.3. The number of aliphatic hydroxyl groups is 1. The fourth-order valence-corrected chi connectivity index (χ4v) is 2.07. The minimum absolute atomic E-state index is 0.0382. The molecular weight excluding hydrogens is 294 g/mol. The second-order valence-electron chi connectivity index (χ2n) is 4.75. The van der Waals surface area contributed by atoms with Crippen LogP contribution in [0.2, 0.25) is 0 Å². The molecule has 0 atom stereocenters. The van der Waals surface area contributed by atoms with Crippen LogP contribution in [-0.2, 0) is 0 Å². The van der Waals surface area contributed by atoms with Crippen molar-refractivity contribution in [3.8, 4) is 34.5 Å². The maximum atomic E-state index is 9.77. The minimum Gasteiger partial charge on any atom is -0.491 e. The van der Waals surface area contributed by atoms with E-state index in [1.165, 1.54) is 0 Å². The molecule has 0 saturated heterocycles. The molecule has 1 aromatic heterocycles. The van der Waals surface area contributed by atoms with Gasteiger partial charge in [-0.2, -0.15) is 9.97 Å². The number of rotatable bonds is 5. The van der Waals surface area contributed by atoms with Crippen LogP contribution in [0.3, 0.4) is 0 Å². The van der Waals surface area contributed by atoms with E-state index in [0.29, 0.717) is 17.4 Å². The highest BCUT2D eigenvalue weighted by Crippen LogP contribution is 2.23.